The Hall–Kier alpha value is -3.20. The van der Waals surface area contributed by atoms with Crippen molar-refractivity contribution in [3.63, 3.8) is 0 Å². The first-order valence-electron chi connectivity index (χ1n) is 7.10. The number of aromatic nitrogens is 1. The molecule has 0 aliphatic heterocycles. The highest BCUT2D eigenvalue weighted by atomic mass is 32.1. The van der Waals surface area contributed by atoms with Gasteiger partial charge in [-0.25, -0.2) is 4.98 Å². The fourth-order valence-corrected chi connectivity index (χ4v) is 3.14. The second-order valence-electron chi connectivity index (χ2n) is 4.96. The number of carbonyl (C=O) groups excluding carboxylic acids is 1. The number of methoxy groups -OCH3 is 2. The van der Waals surface area contributed by atoms with Gasteiger partial charge in [-0.15, -0.1) is 0 Å². The Morgan fingerprint density at radius 2 is 2.04 bits per heavy atom. The summed E-state index contributed by atoms with van der Waals surface area (Å²) >= 11 is 1.13. The van der Waals surface area contributed by atoms with Gasteiger partial charge in [0.05, 0.1) is 29.9 Å². The molecule has 8 nitrogen and oxygen atoms in total. The predicted molar refractivity (Wildman–Crippen MR) is 93.8 cm³/mol. The Labute approximate surface area is 146 Å². The molecule has 9 heteroatoms. The van der Waals surface area contributed by atoms with E-state index in [1.54, 1.807) is 24.3 Å². The van der Waals surface area contributed by atoms with Crippen LogP contribution in [-0.2, 0) is 0 Å². The molecule has 1 amide bonds. The van der Waals surface area contributed by atoms with Crippen LogP contribution >= 0.6 is 11.3 Å². The summed E-state index contributed by atoms with van der Waals surface area (Å²) in [4.78, 5) is 27.1. The van der Waals surface area contributed by atoms with E-state index in [1.165, 1.54) is 26.4 Å². The number of benzene rings is 2. The van der Waals surface area contributed by atoms with Crippen molar-refractivity contribution in [2.45, 2.75) is 0 Å². The van der Waals surface area contributed by atoms with Crippen LogP contribution in [-0.4, -0.2) is 30.0 Å². The van der Waals surface area contributed by atoms with E-state index in [9.17, 15) is 14.9 Å². The topological polar surface area (TPSA) is 104 Å². The number of non-ortho nitro benzene ring substituents is 1. The summed E-state index contributed by atoms with van der Waals surface area (Å²) < 4.78 is 10.8. The number of carbonyl (C=O) groups is 1. The lowest BCUT2D eigenvalue weighted by Gasteiger charge is -2.04. The van der Waals surface area contributed by atoms with Crippen molar-refractivity contribution >= 4 is 38.3 Å². The summed E-state index contributed by atoms with van der Waals surface area (Å²) in [7, 11) is 2.93. The first-order chi connectivity index (χ1) is 12.0. The molecule has 0 saturated heterocycles. The minimum Gasteiger partial charge on any atom is -0.497 e. The molecule has 0 bridgehead atoms. The van der Waals surface area contributed by atoms with Crippen molar-refractivity contribution in [2.75, 3.05) is 19.5 Å². The fraction of sp³-hybridized carbons (Fsp3) is 0.125. The fourth-order valence-electron chi connectivity index (χ4n) is 2.23. The van der Waals surface area contributed by atoms with Crippen LogP contribution in [0.25, 0.3) is 10.2 Å². The van der Waals surface area contributed by atoms with E-state index in [4.69, 9.17) is 9.47 Å². The molecule has 0 saturated carbocycles. The maximum atomic E-state index is 12.3. The largest absolute Gasteiger partial charge is 0.497 e. The average Bonchev–Trinajstić information content (AvgIpc) is 3.03. The van der Waals surface area contributed by atoms with Gasteiger partial charge in [-0.2, -0.15) is 0 Å². The Balaban J connectivity index is 1.93. The molecule has 0 fully saturated rings. The summed E-state index contributed by atoms with van der Waals surface area (Å²) in [6.45, 7) is 0. The van der Waals surface area contributed by atoms with Gasteiger partial charge in [0.25, 0.3) is 11.6 Å². The Morgan fingerprint density at radius 3 is 2.72 bits per heavy atom. The maximum absolute atomic E-state index is 12.3. The van der Waals surface area contributed by atoms with Crippen LogP contribution in [0.5, 0.6) is 11.5 Å². The van der Waals surface area contributed by atoms with Gasteiger partial charge in [0.1, 0.15) is 11.3 Å². The second kappa shape index (κ2) is 6.73. The number of rotatable bonds is 5. The molecule has 128 valence electrons. The highest BCUT2D eigenvalue weighted by molar-refractivity contribution is 7.22. The molecule has 2 aromatic carbocycles. The molecule has 0 radical (unpaired) electrons. The van der Waals surface area contributed by atoms with Gasteiger partial charge < -0.3 is 9.47 Å². The number of nitro benzene ring substituents is 1. The standard InChI is InChI=1S/C16H13N3O5S/c1-23-11-5-3-4-9(6-11)15(20)18-16-17-14-12(24-2)7-10(19(21)22)8-13(14)25-16/h3-8H,1-2H3,(H,17,18,20). The molecule has 1 N–H and O–H groups in total. The van der Waals surface area contributed by atoms with Gasteiger partial charge in [0.2, 0.25) is 0 Å². The number of ether oxygens (including phenoxy) is 2. The van der Waals surface area contributed by atoms with Gasteiger partial charge in [-0.1, -0.05) is 17.4 Å². The van der Waals surface area contributed by atoms with Crippen molar-refractivity contribution in [2.24, 2.45) is 0 Å². The van der Waals surface area contributed by atoms with Gasteiger partial charge in [-0.05, 0) is 18.2 Å². The van der Waals surface area contributed by atoms with Crippen molar-refractivity contribution in [1.29, 1.82) is 0 Å². The summed E-state index contributed by atoms with van der Waals surface area (Å²) in [5, 5.41) is 14.0. The zero-order valence-corrected chi connectivity index (χ0v) is 14.1. The summed E-state index contributed by atoms with van der Waals surface area (Å²) in [5.74, 6) is 0.489. The van der Waals surface area contributed by atoms with E-state index in [-0.39, 0.29) is 17.3 Å². The maximum Gasteiger partial charge on any atom is 0.274 e. The molecule has 25 heavy (non-hydrogen) atoms. The minimum absolute atomic E-state index is 0.0985. The van der Waals surface area contributed by atoms with Gasteiger partial charge in [0, 0.05) is 11.6 Å². The monoisotopic (exact) mass is 359 g/mol. The molecule has 0 aliphatic rings. The van der Waals surface area contributed by atoms with Crippen LogP contribution in [0, 0.1) is 10.1 Å². The number of anilines is 1. The van der Waals surface area contributed by atoms with E-state index in [0.717, 1.165) is 11.3 Å². The first-order valence-corrected chi connectivity index (χ1v) is 7.92. The van der Waals surface area contributed by atoms with E-state index in [2.05, 4.69) is 10.3 Å². The normalized spacial score (nSPS) is 10.5. The molecule has 3 rings (SSSR count). The lowest BCUT2D eigenvalue weighted by Crippen LogP contribution is -2.11. The van der Waals surface area contributed by atoms with E-state index in [1.807, 2.05) is 0 Å². The number of hydrogen-bond acceptors (Lipinski definition) is 7. The van der Waals surface area contributed by atoms with E-state index >= 15 is 0 Å². The van der Waals surface area contributed by atoms with Crippen LogP contribution in [0.1, 0.15) is 10.4 Å². The smallest absolute Gasteiger partial charge is 0.274 e. The second-order valence-corrected chi connectivity index (χ2v) is 5.99. The SMILES string of the molecule is COc1cccc(C(=O)Nc2nc3c(OC)cc([N+](=O)[O-])cc3s2)c1. The van der Waals surface area contributed by atoms with Crippen LogP contribution in [0.2, 0.25) is 0 Å². The zero-order valence-electron chi connectivity index (χ0n) is 13.3. The molecule has 0 spiro atoms. The third-order valence-electron chi connectivity index (χ3n) is 3.43. The predicted octanol–water partition coefficient (Wildman–Crippen LogP) is 3.47. The average molecular weight is 359 g/mol. The van der Waals surface area contributed by atoms with E-state index in [0.29, 0.717) is 26.7 Å². The van der Waals surface area contributed by atoms with Crippen molar-refractivity contribution in [1.82, 2.24) is 4.98 Å². The summed E-state index contributed by atoms with van der Waals surface area (Å²) in [5.41, 5.74) is 0.772. The summed E-state index contributed by atoms with van der Waals surface area (Å²) in [6.07, 6.45) is 0. The third kappa shape index (κ3) is 3.36. The van der Waals surface area contributed by atoms with Gasteiger partial charge >= 0.3 is 0 Å². The Bertz CT molecular complexity index is 970. The van der Waals surface area contributed by atoms with Crippen LogP contribution in [0.4, 0.5) is 10.8 Å². The summed E-state index contributed by atoms with van der Waals surface area (Å²) in [6, 6.07) is 9.40. The number of nitro groups is 1. The number of fused-ring (bicyclic) bond motifs is 1. The highest BCUT2D eigenvalue weighted by Crippen LogP contribution is 2.36. The van der Waals surface area contributed by atoms with Crippen LogP contribution < -0.4 is 14.8 Å². The molecule has 1 heterocycles. The first kappa shape index (κ1) is 16.7. The molecule has 1 aromatic heterocycles. The molecule has 0 aliphatic carbocycles. The molecule has 3 aromatic rings. The number of hydrogen-bond donors (Lipinski definition) is 1. The Morgan fingerprint density at radius 1 is 1.24 bits per heavy atom. The zero-order chi connectivity index (χ0) is 18.0. The number of nitrogens with zero attached hydrogens (tertiary/aromatic N) is 2. The Kier molecular flexibility index (Phi) is 4.48. The molecule has 0 atom stereocenters. The molecular formula is C16H13N3O5S. The van der Waals surface area contributed by atoms with Gasteiger partial charge in [0.15, 0.2) is 10.9 Å². The highest BCUT2D eigenvalue weighted by Gasteiger charge is 2.17. The van der Waals surface area contributed by atoms with Crippen molar-refractivity contribution in [3.8, 4) is 11.5 Å². The lowest BCUT2D eigenvalue weighted by atomic mass is 10.2. The third-order valence-corrected chi connectivity index (χ3v) is 4.35. The van der Waals surface area contributed by atoms with Gasteiger partial charge in [-0.3, -0.25) is 20.2 Å². The molecule has 0 unspecified atom stereocenters. The number of thiazole rings is 1. The van der Waals surface area contributed by atoms with Crippen LogP contribution in [0.15, 0.2) is 36.4 Å². The van der Waals surface area contributed by atoms with E-state index < -0.39 is 4.92 Å². The number of nitrogens with one attached hydrogen (secondary N) is 1. The van der Waals surface area contributed by atoms with Crippen LogP contribution in [0.3, 0.4) is 0 Å². The van der Waals surface area contributed by atoms with Crippen molar-refractivity contribution in [3.05, 3.63) is 52.1 Å². The lowest BCUT2D eigenvalue weighted by molar-refractivity contribution is -0.384. The quantitative estimate of drug-likeness (QED) is 0.552. The minimum atomic E-state index is -0.504. The van der Waals surface area contributed by atoms with Crippen molar-refractivity contribution < 1.29 is 19.2 Å². The number of amides is 1. The molecular weight excluding hydrogens is 346 g/mol.